The number of benzene rings is 1. The standard InChI is InChI=1S/C16H16BrFN4O2S/c17-10-4-3-8(6-11(10)18)9-7-12(9)19-15(23)20-16-22-21-14(25-16)13-2-1-5-24-13/h3-4,6,9,12-13H,1-2,5,7H2,(H2,19,20,22,23)/t9-,12+,13?/m0/s1. The number of amides is 2. The summed E-state index contributed by atoms with van der Waals surface area (Å²) >= 11 is 4.48. The van der Waals surface area contributed by atoms with Crippen LogP contribution in [0.15, 0.2) is 22.7 Å². The molecule has 9 heteroatoms. The lowest BCUT2D eigenvalue weighted by Gasteiger charge is -2.05. The first-order valence-electron chi connectivity index (χ1n) is 8.07. The van der Waals surface area contributed by atoms with Gasteiger partial charge in [-0.25, -0.2) is 9.18 Å². The molecule has 2 fully saturated rings. The Morgan fingerprint density at radius 3 is 3.04 bits per heavy atom. The maximum atomic E-state index is 13.6. The van der Waals surface area contributed by atoms with Gasteiger partial charge in [0.1, 0.15) is 16.9 Å². The Hall–Kier alpha value is -1.58. The minimum absolute atomic E-state index is 0.00350. The lowest BCUT2D eigenvalue weighted by molar-refractivity contribution is 0.111. The summed E-state index contributed by atoms with van der Waals surface area (Å²) in [6.45, 7) is 0.743. The monoisotopic (exact) mass is 426 g/mol. The van der Waals surface area contributed by atoms with Crippen LogP contribution in [0.4, 0.5) is 14.3 Å². The highest BCUT2D eigenvalue weighted by Gasteiger charge is 2.40. The lowest BCUT2D eigenvalue weighted by Crippen LogP contribution is -2.31. The van der Waals surface area contributed by atoms with E-state index in [4.69, 9.17) is 4.74 Å². The topological polar surface area (TPSA) is 76.1 Å². The van der Waals surface area contributed by atoms with Crippen LogP contribution in [0.3, 0.4) is 0 Å². The molecular weight excluding hydrogens is 411 g/mol. The van der Waals surface area contributed by atoms with Crippen LogP contribution in [0.1, 0.15) is 41.9 Å². The van der Waals surface area contributed by atoms with E-state index in [1.54, 1.807) is 6.07 Å². The van der Waals surface area contributed by atoms with Crippen molar-refractivity contribution >= 4 is 38.4 Å². The number of nitrogens with zero attached hydrogens (tertiary/aromatic N) is 2. The van der Waals surface area contributed by atoms with Crippen molar-refractivity contribution in [2.24, 2.45) is 0 Å². The van der Waals surface area contributed by atoms with Crippen LogP contribution in [0, 0.1) is 5.82 Å². The van der Waals surface area contributed by atoms with Gasteiger partial charge in [-0.05, 0) is 52.9 Å². The molecule has 1 aromatic heterocycles. The van der Waals surface area contributed by atoms with E-state index >= 15 is 0 Å². The first kappa shape index (κ1) is 16.9. The zero-order chi connectivity index (χ0) is 17.4. The zero-order valence-corrected chi connectivity index (χ0v) is 15.6. The number of hydrogen-bond donors (Lipinski definition) is 2. The van der Waals surface area contributed by atoms with E-state index in [9.17, 15) is 9.18 Å². The van der Waals surface area contributed by atoms with E-state index < -0.39 is 0 Å². The second-order valence-corrected chi connectivity index (χ2v) is 8.03. The highest BCUT2D eigenvalue weighted by molar-refractivity contribution is 9.10. The maximum absolute atomic E-state index is 13.6. The highest BCUT2D eigenvalue weighted by atomic mass is 79.9. The summed E-state index contributed by atoms with van der Waals surface area (Å²) in [5, 5.41) is 14.9. The van der Waals surface area contributed by atoms with Crippen molar-refractivity contribution in [3.8, 4) is 0 Å². The number of halogens is 2. The molecule has 0 radical (unpaired) electrons. The van der Waals surface area contributed by atoms with Crippen molar-refractivity contribution in [3.63, 3.8) is 0 Å². The summed E-state index contributed by atoms with van der Waals surface area (Å²) in [5.74, 6) is -0.145. The summed E-state index contributed by atoms with van der Waals surface area (Å²) < 4.78 is 19.6. The number of rotatable bonds is 4. The van der Waals surface area contributed by atoms with Crippen LogP contribution in [-0.2, 0) is 4.74 Å². The second kappa shape index (κ2) is 6.97. The van der Waals surface area contributed by atoms with E-state index in [1.807, 2.05) is 6.07 Å². The van der Waals surface area contributed by atoms with Crippen molar-refractivity contribution in [1.29, 1.82) is 0 Å². The quantitative estimate of drug-likeness (QED) is 0.775. The van der Waals surface area contributed by atoms with Gasteiger partial charge in [-0.15, -0.1) is 10.2 Å². The summed E-state index contributed by atoms with van der Waals surface area (Å²) in [7, 11) is 0. The van der Waals surface area contributed by atoms with Crippen LogP contribution >= 0.6 is 27.3 Å². The van der Waals surface area contributed by atoms with Gasteiger partial charge in [0, 0.05) is 18.6 Å². The fraction of sp³-hybridized carbons (Fsp3) is 0.438. The smallest absolute Gasteiger partial charge is 0.321 e. The highest BCUT2D eigenvalue weighted by Crippen LogP contribution is 2.41. The lowest BCUT2D eigenvalue weighted by atomic mass is 10.1. The molecule has 1 saturated carbocycles. The Labute approximate surface area is 156 Å². The van der Waals surface area contributed by atoms with Gasteiger partial charge in [0.15, 0.2) is 0 Å². The molecule has 132 valence electrons. The normalized spacial score (nSPS) is 25.0. The Bertz CT molecular complexity index is 796. The van der Waals surface area contributed by atoms with Crippen LogP contribution in [0.25, 0.3) is 0 Å². The van der Waals surface area contributed by atoms with Crippen LogP contribution in [-0.4, -0.2) is 28.9 Å². The number of hydrogen-bond acceptors (Lipinski definition) is 5. The minimum atomic E-state index is -0.319. The fourth-order valence-electron chi connectivity index (χ4n) is 2.96. The average Bonchev–Trinajstić information content (AvgIpc) is 3.00. The van der Waals surface area contributed by atoms with Gasteiger partial charge in [0.05, 0.1) is 4.47 Å². The molecule has 1 aromatic carbocycles. The number of carbonyl (C=O) groups excluding carboxylic acids is 1. The predicted molar refractivity (Wildman–Crippen MR) is 95.2 cm³/mol. The fourth-order valence-corrected chi connectivity index (χ4v) is 4.02. The van der Waals surface area contributed by atoms with Crippen molar-refractivity contribution in [3.05, 3.63) is 39.1 Å². The first-order valence-corrected chi connectivity index (χ1v) is 9.68. The molecule has 4 rings (SSSR count). The molecule has 1 aliphatic heterocycles. The van der Waals surface area contributed by atoms with E-state index in [0.29, 0.717) is 9.60 Å². The predicted octanol–water partition coefficient (Wildman–Crippen LogP) is 3.97. The Morgan fingerprint density at radius 2 is 2.28 bits per heavy atom. The van der Waals surface area contributed by atoms with E-state index in [-0.39, 0.29) is 29.9 Å². The number of carbonyl (C=O) groups is 1. The second-order valence-electron chi connectivity index (χ2n) is 6.17. The number of urea groups is 1. The molecule has 2 N–H and O–H groups in total. The largest absolute Gasteiger partial charge is 0.371 e. The van der Waals surface area contributed by atoms with Crippen LogP contribution in [0.2, 0.25) is 0 Å². The number of anilines is 1. The molecule has 2 aliphatic rings. The Kier molecular flexibility index (Phi) is 4.70. The Balaban J connectivity index is 1.30. The summed E-state index contributed by atoms with van der Waals surface area (Å²) in [6.07, 6.45) is 2.75. The molecule has 2 aromatic rings. The molecule has 6 nitrogen and oxygen atoms in total. The van der Waals surface area contributed by atoms with Gasteiger partial charge in [-0.3, -0.25) is 5.32 Å². The van der Waals surface area contributed by atoms with E-state index in [1.165, 1.54) is 17.4 Å². The van der Waals surface area contributed by atoms with Crippen molar-refractivity contribution in [2.75, 3.05) is 11.9 Å². The third-order valence-electron chi connectivity index (χ3n) is 4.34. The van der Waals surface area contributed by atoms with Crippen LogP contribution < -0.4 is 10.6 Å². The maximum Gasteiger partial charge on any atom is 0.321 e. The summed E-state index contributed by atoms with van der Waals surface area (Å²) in [4.78, 5) is 12.1. The molecule has 25 heavy (non-hydrogen) atoms. The molecule has 1 unspecified atom stereocenters. The Morgan fingerprint density at radius 1 is 1.40 bits per heavy atom. The van der Waals surface area contributed by atoms with E-state index in [0.717, 1.165) is 36.4 Å². The van der Waals surface area contributed by atoms with Crippen molar-refractivity contribution in [1.82, 2.24) is 15.5 Å². The molecule has 1 saturated heterocycles. The number of aromatic nitrogens is 2. The van der Waals surface area contributed by atoms with Gasteiger partial charge in [-0.1, -0.05) is 17.4 Å². The third kappa shape index (κ3) is 3.83. The van der Waals surface area contributed by atoms with Gasteiger partial charge in [-0.2, -0.15) is 0 Å². The van der Waals surface area contributed by atoms with Gasteiger partial charge >= 0.3 is 6.03 Å². The van der Waals surface area contributed by atoms with Gasteiger partial charge in [0.2, 0.25) is 5.13 Å². The van der Waals surface area contributed by atoms with Crippen molar-refractivity contribution in [2.45, 2.75) is 37.3 Å². The molecule has 1 aliphatic carbocycles. The van der Waals surface area contributed by atoms with E-state index in [2.05, 4.69) is 36.8 Å². The molecule has 2 heterocycles. The molecular formula is C16H16BrFN4O2S. The number of ether oxygens (including phenoxy) is 1. The first-order chi connectivity index (χ1) is 12.1. The molecule has 3 atom stereocenters. The molecule has 2 amide bonds. The summed E-state index contributed by atoms with van der Waals surface area (Å²) in [6, 6.07) is 4.75. The third-order valence-corrected chi connectivity index (χ3v) is 5.92. The van der Waals surface area contributed by atoms with Gasteiger partial charge in [0.25, 0.3) is 0 Å². The summed E-state index contributed by atoms with van der Waals surface area (Å²) in [5.41, 5.74) is 0.891. The van der Waals surface area contributed by atoms with Crippen molar-refractivity contribution < 1.29 is 13.9 Å². The number of nitrogens with one attached hydrogen (secondary N) is 2. The zero-order valence-electron chi connectivity index (χ0n) is 13.2. The SMILES string of the molecule is O=C(Nc1nnc(C2CCCO2)s1)N[C@@H]1C[C@H]1c1ccc(Br)c(F)c1. The average molecular weight is 427 g/mol. The van der Waals surface area contributed by atoms with Crippen LogP contribution in [0.5, 0.6) is 0 Å². The van der Waals surface area contributed by atoms with Gasteiger partial charge < -0.3 is 10.1 Å². The minimum Gasteiger partial charge on any atom is -0.371 e. The molecule has 0 spiro atoms. The molecule has 0 bridgehead atoms.